The van der Waals surface area contributed by atoms with Crippen molar-refractivity contribution >= 4 is 26.6 Å². The first kappa shape index (κ1) is 31.9. The summed E-state index contributed by atoms with van der Waals surface area (Å²) < 4.78 is 77.1. The average Bonchev–Trinajstić information content (AvgIpc) is 2.93. The van der Waals surface area contributed by atoms with Crippen molar-refractivity contribution in [3.05, 3.63) is 95.6 Å². The molecule has 0 saturated heterocycles. The van der Waals surface area contributed by atoms with Crippen molar-refractivity contribution in [3.8, 4) is 0 Å². The number of hydrogen-bond donors (Lipinski definition) is 2. The fourth-order valence-corrected chi connectivity index (χ4v) is 7.92. The zero-order valence-electron chi connectivity index (χ0n) is 23.0. The molecule has 0 aliphatic heterocycles. The summed E-state index contributed by atoms with van der Waals surface area (Å²) in [6.45, 7) is 7.49. The van der Waals surface area contributed by atoms with E-state index in [0.717, 1.165) is 0 Å². The van der Waals surface area contributed by atoms with Crippen molar-refractivity contribution < 1.29 is 36.0 Å². The van der Waals surface area contributed by atoms with E-state index in [4.69, 9.17) is 18.1 Å². The molecule has 0 fully saturated rings. The summed E-state index contributed by atoms with van der Waals surface area (Å²) in [5.41, 5.74) is 2.21. The largest absolute Gasteiger partial charge is 0.368 e. The van der Waals surface area contributed by atoms with Gasteiger partial charge in [-0.05, 0) is 87.4 Å². The Morgan fingerprint density at radius 1 is 0.550 bits per heavy atom. The summed E-state index contributed by atoms with van der Waals surface area (Å²) in [5.74, 6) is -2.66. The van der Waals surface area contributed by atoms with Gasteiger partial charge >= 0.3 is 15.2 Å². The van der Waals surface area contributed by atoms with Gasteiger partial charge in [-0.1, -0.05) is 24.3 Å². The second-order valence-electron chi connectivity index (χ2n) is 8.52. The van der Waals surface area contributed by atoms with Gasteiger partial charge in [-0.25, -0.2) is 8.78 Å². The van der Waals surface area contributed by atoms with Crippen molar-refractivity contribution in [2.75, 3.05) is 37.1 Å². The van der Waals surface area contributed by atoms with E-state index in [1.165, 1.54) is 48.5 Å². The molecule has 0 saturated carbocycles. The first-order chi connectivity index (χ1) is 19.2. The molecule has 8 nitrogen and oxygen atoms in total. The molecule has 2 unspecified atom stereocenters. The van der Waals surface area contributed by atoms with Gasteiger partial charge in [-0.2, -0.15) is 0 Å². The molecule has 3 rings (SSSR count). The molecule has 3 aromatic carbocycles. The SMILES string of the molecule is CCOP(=O)(OCC)C(Nc1ccc(NC(c2ccc(F)cc2)P(=O)(OCC)OCC)cc1)c1ccc(F)cc1. The molecule has 40 heavy (non-hydrogen) atoms. The lowest BCUT2D eigenvalue weighted by atomic mass is 10.2. The summed E-state index contributed by atoms with van der Waals surface area (Å²) in [6, 6.07) is 18.2. The minimum atomic E-state index is -3.70. The van der Waals surface area contributed by atoms with Crippen LogP contribution in [0.25, 0.3) is 0 Å². The minimum absolute atomic E-state index is 0.157. The monoisotopic (exact) mass is 596 g/mol. The zero-order chi connectivity index (χ0) is 29.2. The van der Waals surface area contributed by atoms with E-state index in [-0.39, 0.29) is 26.4 Å². The highest BCUT2D eigenvalue weighted by Crippen LogP contribution is 2.62. The first-order valence-electron chi connectivity index (χ1n) is 13.1. The molecule has 12 heteroatoms. The first-order valence-corrected chi connectivity index (χ1v) is 16.3. The van der Waals surface area contributed by atoms with Crippen LogP contribution < -0.4 is 10.6 Å². The third kappa shape index (κ3) is 8.23. The number of nitrogens with one attached hydrogen (secondary N) is 2. The lowest BCUT2D eigenvalue weighted by Gasteiger charge is -2.29. The van der Waals surface area contributed by atoms with Gasteiger partial charge in [-0.15, -0.1) is 0 Å². The van der Waals surface area contributed by atoms with Gasteiger partial charge in [0.2, 0.25) is 0 Å². The van der Waals surface area contributed by atoms with E-state index in [2.05, 4.69) is 10.6 Å². The van der Waals surface area contributed by atoms with Gasteiger partial charge in [-0.3, -0.25) is 9.13 Å². The highest BCUT2D eigenvalue weighted by atomic mass is 31.2. The van der Waals surface area contributed by atoms with Crippen LogP contribution in [-0.2, 0) is 27.2 Å². The van der Waals surface area contributed by atoms with Gasteiger partial charge in [0.1, 0.15) is 11.6 Å². The van der Waals surface area contributed by atoms with E-state index in [1.807, 2.05) is 0 Å². The van der Waals surface area contributed by atoms with Gasteiger partial charge in [0, 0.05) is 11.4 Å². The van der Waals surface area contributed by atoms with Crippen molar-refractivity contribution in [1.29, 1.82) is 0 Å². The van der Waals surface area contributed by atoms with Crippen LogP contribution in [0.3, 0.4) is 0 Å². The molecule has 0 aliphatic carbocycles. The summed E-state index contributed by atoms with van der Waals surface area (Å²) in [5, 5.41) is 6.41. The second kappa shape index (κ2) is 14.9. The third-order valence-corrected chi connectivity index (χ3v) is 10.3. The fourth-order valence-electron chi connectivity index (χ4n) is 4.05. The Morgan fingerprint density at radius 3 is 1.07 bits per heavy atom. The quantitative estimate of drug-likeness (QED) is 0.159. The van der Waals surface area contributed by atoms with Crippen LogP contribution >= 0.6 is 15.2 Å². The maximum atomic E-state index is 13.7. The number of rotatable bonds is 16. The van der Waals surface area contributed by atoms with Crippen LogP contribution in [0.1, 0.15) is 50.4 Å². The molecule has 2 N–H and O–H groups in total. The molecule has 0 radical (unpaired) electrons. The van der Waals surface area contributed by atoms with Crippen LogP contribution in [-0.4, -0.2) is 26.4 Å². The molecule has 2 atom stereocenters. The van der Waals surface area contributed by atoms with E-state index in [9.17, 15) is 17.9 Å². The third-order valence-electron chi connectivity index (χ3n) is 5.73. The molecule has 3 aromatic rings. The Balaban J connectivity index is 1.92. The van der Waals surface area contributed by atoms with Crippen molar-refractivity contribution in [3.63, 3.8) is 0 Å². The van der Waals surface area contributed by atoms with Gasteiger partial charge in [0.15, 0.2) is 11.6 Å². The predicted molar refractivity (Wildman–Crippen MR) is 154 cm³/mol. The van der Waals surface area contributed by atoms with Crippen molar-refractivity contribution in [1.82, 2.24) is 0 Å². The van der Waals surface area contributed by atoms with E-state index in [0.29, 0.717) is 22.5 Å². The maximum Gasteiger partial charge on any atom is 0.357 e. The topological polar surface area (TPSA) is 95.1 Å². The average molecular weight is 597 g/mol. The molecule has 0 aliphatic rings. The van der Waals surface area contributed by atoms with Crippen LogP contribution in [0, 0.1) is 11.6 Å². The molecule has 0 spiro atoms. The zero-order valence-corrected chi connectivity index (χ0v) is 24.8. The van der Waals surface area contributed by atoms with Crippen molar-refractivity contribution in [2.45, 2.75) is 39.3 Å². The van der Waals surface area contributed by atoms with E-state index >= 15 is 0 Å². The molecule has 218 valence electrons. The Morgan fingerprint density at radius 2 is 0.825 bits per heavy atom. The van der Waals surface area contributed by atoms with Crippen LogP contribution in [0.5, 0.6) is 0 Å². The maximum absolute atomic E-state index is 13.7. The minimum Gasteiger partial charge on any atom is -0.368 e. The molecular formula is C28H36F2N2O6P2. The van der Waals surface area contributed by atoms with Crippen LogP contribution in [0.2, 0.25) is 0 Å². The molecule has 0 bridgehead atoms. The lowest BCUT2D eigenvalue weighted by Crippen LogP contribution is -2.16. The van der Waals surface area contributed by atoms with E-state index < -0.39 is 38.4 Å². The molecule has 0 amide bonds. The summed E-state index contributed by atoms with van der Waals surface area (Å²) in [4.78, 5) is 0. The molecule has 0 aromatic heterocycles. The Bertz CT molecular complexity index is 1170. The van der Waals surface area contributed by atoms with Crippen LogP contribution in [0.15, 0.2) is 72.8 Å². The fraction of sp³-hybridized carbons (Fsp3) is 0.357. The standard InChI is InChI=1S/C28H36F2N2O6P2/c1-5-35-39(33,36-6-2)27(21-9-13-23(29)14-10-21)31-25-17-19-26(20-18-25)32-28(22-11-15-24(30)16-12-22)40(34,37-7-3)38-8-4/h9-20,27-28,31-32H,5-8H2,1-4H3. The van der Waals surface area contributed by atoms with Crippen molar-refractivity contribution in [2.24, 2.45) is 0 Å². The summed E-state index contributed by atoms with van der Waals surface area (Å²) in [7, 11) is -7.40. The number of halogens is 2. The number of anilines is 2. The lowest BCUT2D eigenvalue weighted by molar-refractivity contribution is 0.213. The van der Waals surface area contributed by atoms with E-state index in [1.54, 1.807) is 52.0 Å². The highest BCUT2D eigenvalue weighted by Gasteiger charge is 2.38. The molecule has 0 heterocycles. The van der Waals surface area contributed by atoms with Gasteiger partial charge in [0.25, 0.3) is 0 Å². The smallest absolute Gasteiger partial charge is 0.357 e. The predicted octanol–water partition coefficient (Wildman–Crippen LogP) is 8.72. The summed E-state index contributed by atoms with van der Waals surface area (Å²) in [6.07, 6.45) is 0. The Kier molecular flexibility index (Phi) is 11.9. The van der Waals surface area contributed by atoms with Gasteiger partial charge in [0.05, 0.1) is 26.4 Å². The normalized spacial score (nSPS) is 13.6. The number of hydrogen-bond acceptors (Lipinski definition) is 8. The Labute approximate surface area is 234 Å². The van der Waals surface area contributed by atoms with Gasteiger partial charge < -0.3 is 28.7 Å². The Hall–Kier alpha value is -2.58. The molecular weight excluding hydrogens is 560 g/mol. The summed E-state index contributed by atoms with van der Waals surface area (Å²) >= 11 is 0. The highest BCUT2D eigenvalue weighted by molar-refractivity contribution is 7.54. The number of benzene rings is 3. The van der Waals surface area contributed by atoms with Crippen LogP contribution in [0.4, 0.5) is 20.2 Å². The second-order valence-corrected chi connectivity index (χ2v) is 12.7.